The Kier molecular flexibility index (Phi) is 8.57. The number of nitrogens with one attached hydrogen (secondary N) is 1. The Morgan fingerprint density at radius 2 is 2.05 bits per heavy atom. The molecule has 2 aromatic carbocycles. The summed E-state index contributed by atoms with van der Waals surface area (Å²) in [5.74, 6) is -1.16. The Morgan fingerprint density at radius 3 is 2.82 bits per heavy atom. The maximum Gasteiger partial charge on any atom is 0.508 e. The van der Waals surface area contributed by atoms with Crippen molar-refractivity contribution in [3.63, 3.8) is 0 Å². The van der Waals surface area contributed by atoms with Crippen LogP contribution in [-0.4, -0.2) is 60.4 Å². The number of amides is 2. The molecule has 2 atom stereocenters. The average Bonchev–Trinajstić information content (AvgIpc) is 3.31. The molecule has 9 nitrogen and oxygen atoms in total. The van der Waals surface area contributed by atoms with Gasteiger partial charge in [0, 0.05) is 31.5 Å². The van der Waals surface area contributed by atoms with Crippen LogP contribution in [0.2, 0.25) is 5.02 Å². The fourth-order valence-corrected chi connectivity index (χ4v) is 4.20. The molecular formula is C26H24ClF2N3O6. The summed E-state index contributed by atoms with van der Waals surface area (Å²) in [5, 5.41) is 3.67. The maximum atomic E-state index is 13.7. The maximum absolute atomic E-state index is 13.7. The highest BCUT2D eigenvalue weighted by Gasteiger charge is 2.32. The first-order chi connectivity index (χ1) is 18.2. The van der Waals surface area contributed by atoms with Crippen LogP contribution in [0.25, 0.3) is 10.8 Å². The normalized spacial score (nSPS) is 15.5. The zero-order chi connectivity index (χ0) is 27.2. The molecule has 0 spiro atoms. The second-order valence-corrected chi connectivity index (χ2v) is 9.07. The number of hydrogen-bond acceptors (Lipinski definition) is 7. The number of ether oxygens (including phenoxy) is 3. The van der Waals surface area contributed by atoms with Crippen molar-refractivity contribution in [3.05, 3.63) is 70.9 Å². The highest BCUT2D eigenvalue weighted by molar-refractivity contribution is 6.31. The molecule has 4 rings (SSSR count). The number of rotatable bonds is 9. The lowest BCUT2D eigenvalue weighted by atomic mass is 10.1. The quantitative estimate of drug-likeness (QED) is 0.371. The van der Waals surface area contributed by atoms with Gasteiger partial charge < -0.3 is 19.1 Å². The number of hydrogen-bond donors (Lipinski definition) is 1. The molecule has 1 fully saturated rings. The number of aromatic nitrogens is 1. The third-order valence-electron chi connectivity index (χ3n) is 6.09. The molecule has 12 heteroatoms. The lowest BCUT2D eigenvalue weighted by Gasteiger charge is -2.29. The highest BCUT2D eigenvalue weighted by Crippen LogP contribution is 2.22. The Morgan fingerprint density at radius 1 is 1.24 bits per heavy atom. The minimum absolute atomic E-state index is 0.0000294. The van der Waals surface area contributed by atoms with E-state index in [2.05, 4.69) is 10.3 Å². The number of fused-ring (bicyclic) bond motifs is 1. The van der Waals surface area contributed by atoms with E-state index < -0.39 is 36.0 Å². The van der Waals surface area contributed by atoms with E-state index in [1.165, 1.54) is 48.5 Å². The van der Waals surface area contributed by atoms with Gasteiger partial charge in [0.2, 0.25) is 5.91 Å². The molecule has 0 unspecified atom stereocenters. The summed E-state index contributed by atoms with van der Waals surface area (Å²) in [6.07, 6.45) is -0.450. The number of pyridine rings is 1. The smallest absolute Gasteiger partial charge is 0.447 e. The minimum atomic E-state index is -0.842. The van der Waals surface area contributed by atoms with Crippen LogP contribution >= 0.6 is 11.6 Å². The number of carbonyl (C=O) groups is 3. The fraction of sp³-hybridized carbons (Fsp3) is 0.308. The van der Waals surface area contributed by atoms with Crippen LogP contribution in [-0.2, 0) is 25.4 Å². The number of nitrogens with zero attached hydrogens (tertiary/aromatic N) is 2. The van der Waals surface area contributed by atoms with Crippen molar-refractivity contribution in [2.45, 2.75) is 31.4 Å². The van der Waals surface area contributed by atoms with Crippen molar-refractivity contribution < 1.29 is 37.4 Å². The van der Waals surface area contributed by atoms with Gasteiger partial charge in [0.1, 0.15) is 36.8 Å². The summed E-state index contributed by atoms with van der Waals surface area (Å²) in [6.45, 7) is -0.231. The first-order valence-corrected chi connectivity index (χ1v) is 12.1. The van der Waals surface area contributed by atoms with Crippen LogP contribution in [0.4, 0.5) is 24.2 Å². The summed E-state index contributed by atoms with van der Waals surface area (Å²) in [7, 11) is 1.53. The molecule has 0 aliphatic carbocycles. The monoisotopic (exact) mass is 547 g/mol. The summed E-state index contributed by atoms with van der Waals surface area (Å²) in [4.78, 5) is 42.2. The molecule has 3 aromatic rings. The van der Waals surface area contributed by atoms with E-state index in [1.54, 1.807) is 12.1 Å². The number of anilines is 1. The van der Waals surface area contributed by atoms with Crippen molar-refractivity contribution in [2.24, 2.45) is 0 Å². The van der Waals surface area contributed by atoms with Crippen molar-refractivity contribution in [1.82, 2.24) is 9.88 Å². The van der Waals surface area contributed by atoms with E-state index in [9.17, 15) is 23.2 Å². The van der Waals surface area contributed by atoms with Gasteiger partial charge >= 0.3 is 12.2 Å². The van der Waals surface area contributed by atoms with Gasteiger partial charge in [-0.05, 0) is 47.7 Å². The van der Waals surface area contributed by atoms with Crippen molar-refractivity contribution in [2.75, 3.05) is 25.6 Å². The molecule has 1 saturated heterocycles. The second-order valence-electron chi connectivity index (χ2n) is 8.69. The molecule has 1 aromatic heterocycles. The highest BCUT2D eigenvalue weighted by atomic mass is 35.5. The first-order valence-electron chi connectivity index (χ1n) is 11.7. The molecule has 200 valence electrons. The Labute approximate surface area is 221 Å². The number of aryl methyl sites for hydroxylation is 1. The molecule has 1 aliphatic heterocycles. The van der Waals surface area contributed by atoms with Gasteiger partial charge in [-0.2, -0.15) is 0 Å². The van der Waals surface area contributed by atoms with Crippen LogP contribution in [0.15, 0.2) is 48.7 Å². The van der Waals surface area contributed by atoms with Crippen LogP contribution in [0, 0.1) is 11.6 Å². The average molecular weight is 548 g/mol. The van der Waals surface area contributed by atoms with Gasteiger partial charge in [-0.3, -0.25) is 10.1 Å². The van der Waals surface area contributed by atoms with Gasteiger partial charge in [0.15, 0.2) is 0 Å². The van der Waals surface area contributed by atoms with Gasteiger partial charge in [0.25, 0.3) is 0 Å². The molecule has 1 N–H and O–H groups in total. The minimum Gasteiger partial charge on any atom is -0.447 e. The Balaban J connectivity index is 1.38. The van der Waals surface area contributed by atoms with E-state index in [4.69, 9.17) is 25.8 Å². The van der Waals surface area contributed by atoms with Gasteiger partial charge in [-0.15, -0.1) is 0 Å². The van der Waals surface area contributed by atoms with E-state index in [0.29, 0.717) is 16.3 Å². The largest absolute Gasteiger partial charge is 0.508 e. The Hall–Kier alpha value is -3.99. The van der Waals surface area contributed by atoms with Gasteiger partial charge in [-0.25, -0.2) is 23.4 Å². The second kappa shape index (κ2) is 12.0. The topological polar surface area (TPSA) is 107 Å². The number of benzene rings is 2. The van der Waals surface area contributed by atoms with Crippen molar-refractivity contribution in [1.29, 1.82) is 0 Å². The molecule has 0 saturated carbocycles. The molecule has 38 heavy (non-hydrogen) atoms. The number of halogens is 3. The fourth-order valence-electron chi connectivity index (χ4n) is 3.98. The van der Waals surface area contributed by atoms with Crippen molar-refractivity contribution in [3.8, 4) is 0 Å². The van der Waals surface area contributed by atoms with Gasteiger partial charge in [0.05, 0.1) is 11.1 Å². The van der Waals surface area contributed by atoms with E-state index in [-0.39, 0.29) is 49.2 Å². The predicted molar refractivity (Wildman–Crippen MR) is 134 cm³/mol. The Bertz CT molecular complexity index is 1360. The zero-order valence-electron chi connectivity index (χ0n) is 20.3. The van der Waals surface area contributed by atoms with Gasteiger partial charge in [-0.1, -0.05) is 23.7 Å². The molecule has 1 aliphatic rings. The molecule has 2 heterocycles. The summed E-state index contributed by atoms with van der Waals surface area (Å²) in [5.41, 5.74) is 0.487. The van der Waals surface area contributed by atoms with E-state index >= 15 is 0 Å². The standard InChI is InChI=1S/C26H24ClF2N3O6/c1-32(23(33)8-6-15-3-2-4-21(29)24(15)27)19(11-20-14-37-26(35)38-20)13-36-25(34)31-22-10-17-9-18(28)7-5-16(17)12-30-22/h2-5,7,9-10,12,19-20H,6,8,11,13-14H2,1H3,(H,30,31,34)/t19-,20+/m1/s1. The number of likely N-dealkylation sites (N-methyl/N-ethyl adjacent to an activating group) is 1. The van der Waals surface area contributed by atoms with Crippen LogP contribution in [0.5, 0.6) is 0 Å². The summed E-state index contributed by atoms with van der Waals surface area (Å²) >= 11 is 5.99. The predicted octanol–water partition coefficient (Wildman–Crippen LogP) is 5.10. The number of cyclic esters (lactones) is 2. The first kappa shape index (κ1) is 27.1. The molecule has 0 radical (unpaired) electrons. The summed E-state index contributed by atoms with van der Waals surface area (Å²) in [6, 6.07) is 9.39. The van der Waals surface area contributed by atoms with E-state index in [0.717, 1.165) is 0 Å². The van der Waals surface area contributed by atoms with E-state index in [1.807, 2.05) is 0 Å². The molecule has 0 bridgehead atoms. The zero-order valence-corrected chi connectivity index (χ0v) is 21.0. The third kappa shape index (κ3) is 6.86. The third-order valence-corrected chi connectivity index (χ3v) is 6.51. The van der Waals surface area contributed by atoms with Crippen LogP contribution in [0.3, 0.4) is 0 Å². The van der Waals surface area contributed by atoms with Crippen LogP contribution in [0.1, 0.15) is 18.4 Å². The lowest BCUT2D eigenvalue weighted by Crippen LogP contribution is -2.43. The summed E-state index contributed by atoms with van der Waals surface area (Å²) < 4.78 is 42.5. The number of carbonyl (C=O) groups excluding carboxylic acids is 3. The van der Waals surface area contributed by atoms with Crippen LogP contribution < -0.4 is 5.32 Å². The SMILES string of the molecule is CN(C(=O)CCc1cccc(F)c1Cl)[C@@H](COC(=O)Nc1cc2cc(F)ccc2cn1)C[C@H]1COC(=O)O1. The molecule has 2 amide bonds. The molecular weight excluding hydrogens is 524 g/mol. The lowest BCUT2D eigenvalue weighted by molar-refractivity contribution is -0.133. The van der Waals surface area contributed by atoms with Crippen molar-refractivity contribution >= 4 is 46.3 Å².